The molecule has 9 heteroatoms. The van der Waals surface area contributed by atoms with Gasteiger partial charge in [-0.25, -0.2) is 9.67 Å². The van der Waals surface area contributed by atoms with Gasteiger partial charge < -0.3 is 14.5 Å². The fraction of sp³-hybridized carbons (Fsp3) is 0.565. The molecule has 170 valence electrons. The van der Waals surface area contributed by atoms with Crippen LogP contribution in [0.3, 0.4) is 0 Å². The Balaban J connectivity index is 1.23. The van der Waals surface area contributed by atoms with Crippen molar-refractivity contribution in [1.82, 2.24) is 29.5 Å². The molecule has 3 fully saturated rings. The van der Waals surface area contributed by atoms with Crippen LogP contribution in [0.1, 0.15) is 28.9 Å². The number of morpholine rings is 1. The van der Waals surface area contributed by atoms with Crippen LogP contribution in [0, 0.1) is 12.3 Å². The third kappa shape index (κ3) is 3.80. The summed E-state index contributed by atoms with van der Waals surface area (Å²) in [5, 5.41) is 4.38. The fourth-order valence-electron chi connectivity index (χ4n) is 5.12. The topological polar surface area (TPSA) is 83.8 Å². The highest BCUT2D eigenvalue weighted by Crippen LogP contribution is 2.41. The van der Waals surface area contributed by atoms with Crippen LogP contribution in [0.4, 0.5) is 0 Å². The minimum absolute atomic E-state index is 0.0545. The lowest BCUT2D eigenvalue weighted by Crippen LogP contribution is -2.43. The summed E-state index contributed by atoms with van der Waals surface area (Å²) in [4.78, 5) is 37.1. The number of aromatic nitrogens is 3. The second kappa shape index (κ2) is 8.63. The second-order valence-electron chi connectivity index (χ2n) is 9.00. The summed E-state index contributed by atoms with van der Waals surface area (Å²) in [5.41, 5.74) is 0.910. The maximum absolute atomic E-state index is 13.3. The summed E-state index contributed by atoms with van der Waals surface area (Å²) in [7, 11) is 0. The first-order valence-corrected chi connectivity index (χ1v) is 11.4. The Hall–Kier alpha value is -2.78. The maximum Gasteiger partial charge on any atom is 0.257 e. The first-order chi connectivity index (χ1) is 15.6. The van der Waals surface area contributed by atoms with Gasteiger partial charge in [0.1, 0.15) is 0 Å². The predicted octanol–water partition coefficient (Wildman–Crippen LogP) is 0.973. The molecule has 0 bridgehead atoms. The summed E-state index contributed by atoms with van der Waals surface area (Å²) >= 11 is 0. The molecule has 3 aliphatic rings. The Labute approximate surface area is 187 Å². The molecule has 3 saturated heterocycles. The van der Waals surface area contributed by atoms with Crippen LogP contribution in [0.15, 0.2) is 30.6 Å². The molecule has 1 spiro atoms. The largest absolute Gasteiger partial charge is 0.379 e. The highest BCUT2D eigenvalue weighted by atomic mass is 16.5. The molecule has 2 amide bonds. The van der Waals surface area contributed by atoms with Crippen LogP contribution in [-0.2, 0) is 9.53 Å². The first kappa shape index (κ1) is 21.1. The van der Waals surface area contributed by atoms with Crippen LogP contribution in [-0.4, -0.2) is 100 Å². The molecule has 1 atom stereocenters. The molecule has 0 saturated carbocycles. The molecule has 1 unspecified atom stereocenters. The third-order valence-corrected chi connectivity index (χ3v) is 7.14. The summed E-state index contributed by atoms with van der Waals surface area (Å²) in [6.07, 6.45) is 4.88. The van der Waals surface area contributed by atoms with Crippen molar-refractivity contribution in [3.8, 4) is 5.82 Å². The van der Waals surface area contributed by atoms with Gasteiger partial charge in [-0.05, 0) is 31.9 Å². The zero-order chi connectivity index (χ0) is 22.1. The Morgan fingerprint density at radius 2 is 1.94 bits per heavy atom. The Morgan fingerprint density at radius 3 is 2.72 bits per heavy atom. The number of likely N-dealkylation sites (tertiary alicyclic amines) is 2. The number of pyridine rings is 1. The lowest BCUT2D eigenvalue weighted by atomic mass is 9.85. The molecule has 5 rings (SSSR count). The van der Waals surface area contributed by atoms with Gasteiger partial charge in [0.25, 0.3) is 5.91 Å². The van der Waals surface area contributed by atoms with E-state index in [-0.39, 0.29) is 11.8 Å². The normalized spacial score (nSPS) is 24.1. The smallest absolute Gasteiger partial charge is 0.257 e. The molecule has 5 heterocycles. The van der Waals surface area contributed by atoms with Gasteiger partial charge >= 0.3 is 0 Å². The minimum Gasteiger partial charge on any atom is -0.379 e. The number of hydrogen-bond donors (Lipinski definition) is 0. The van der Waals surface area contributed by atoms with Crippen molar-refractivity contribution in [1.29, 1.82) is 0 Å². The number of carbonyl (C=O) groups excluding carboxylic acids is 2. The Morgan fingerprint density at radius 1 is 1.12 bits per heavy atom. The van der Waals surface area contributed by atoms with Crippen LogP contribution in [0.5, 0.6) is 0 Å². The van der Waals surface area contributed by atoms with Crippen molar-refractivity contribution in [2.24, 2.45) is 5.41 Å². The Bertz CT molecular complexity index is 987. The van der Waals surface area contributed by atoms with Crippen molar-refractivity contribution in [2.45, 2.75) is 19.8 Å². The number of nitrogens with zero attached hydrogens (tertiary/aromatic N) is 6. The van der Waals surface area contributed by atoms with E-state index in [2.05, 4.69) is 15.0 Å². The zero-order valence-corrected chi connectivity index (χ0v) is 18.6. The van der Waals surface area contributed by atoms with Crippen LogP contribution < -0.4 is 0 Å². The second-order valence-corrected chi connectivity index (χ2v) is 9.00. The number of carbonyl (C=O) groups is 2. The van der Waals surface area contributed by atoms with E-state index in [4.69, 9.17) is 4.74 Å². The molecule has 0 radical (unpaired) electrons. The first-order valence-electron chi connectivity index (χ1n) is 11.4. The number of rotatable bonds is 5. The molecular weight excluding hydrogens is 408 g/mol. The van der Waals surface area contributed by atoms with Crippen molar-refractivity contribution < 1.29 is 14.3 Å². The average molecular weight is 439 g/mol. The van der Waals surface area contributed by atoms with Crippen LogP contribution in [0.25, 0.3) is 5.82 Å². The zero-order valence-electron chi connectivity index (χ0n) is 18.6. The highest BCUT2D eigenvalue weighted by molar-refractivity contribution is 5.96. The van der Waals surface area contributed by atoms with Crippen molar-refractivity contribution >= 4 is 11.8 Å². The summed E-state index contributed by atoms with van der Waals surface area (Å²) in [6.45, 7) is 8.81. The van der Waals surface area contributed by atoms with Gasteiger partial charge in [-0.2, -0.15) is 5.10 Å². The van der Waals surface area contributed by atoms with Gasteiger partial charge in [-0.3, -0.25) is 14.5 Å². The van der Waals surface area contributed by atoms with E-state index in [0.717, 1.165) is 64.5 Å². The molecule has 2 aromatic heterocycles. The van der Waals surface area contributed by atoms with E-state index < -0.39 is 5.41 Å². The van der Waals surface area contributed by atoms with Crippen molar-refractivity contribution in [3.63, 3.8) is 0 Å². The number of ether oxygens (including phenoxy) is 1. The molecule has 32 heavy (non-hydrogen) atoms. The summed E-state index contributed by atoms with van der Waals surface area (Å²) in [5.74, 6) is 0.840. The predicted molar refractivity (Wildman–Crippen MR) is 118 cm³/mol. The molecule has 2 aromatic rings. The molecular formula is C23H30N6O3. The molecule has 0 aliphatic carbocycles. The van der Waals surface area contributed by atoms with E-state index in [0.29, 0.717) is 24.5 Å². The lowest BCUT2D eigenvalue weighted by molar-refractivity contribution is -0.135. The van der Waals surface area contributed by atoms with Crippen LogP contribution >= 0.6 is 0 Å². The van der Waals surface area contributed by atoms with E-state index in [9.17, 15) is 9.59 Å². The molecule has 0 N–H and O–H groups in total. The number of hydrogen-bond acceptors (Lipinski definition) is 6. The van der Waals surface area contributed by atoms with Gasteiger partial charge in [0.15, 0.2) is 5.82 Å². The minimum atomic E-state index is -0.425. The fourth-order valence-corrected chi connectivity index (χ4v) is 5.12. The maximum atomic E-state index is 13.3. The third-order valence-electron chi connectivity index (χ3n) is 7.14. The van der Waals surface area contributed by atoms with Gasteiger partial charge in [-0.1, -0.05) is 6.07 Å². The molecule has 9 nitrogen and oxygen atoms in total. The summed E-state index contributed by atoms with van der Waals surface area (Å²) < 4.78 is 7.09. The van der Waals surface area contributed by atoms with Gasteiger partial charge in [0.05, 0.1) is 36.1 Å². The van der Waals surface area contributed by atoms with Gasteiger partial charge in [-0.15, -0.1) is 0 Å². The van der Waals surface area contributed by atoms with E-state index in [1.165, 1.54) is 0 Å². The highest BCUT2D eigenvalue weighted by Gasteiger charge is 2.51. The standard InChI is InChI=1S/C23H30N6O3/c1-18-19(16-25-29(18)20-4-2-3-7-24-20)21(30)28-9-6-23(17-28)5-8-27(22(23)31)11-10-26-12-14-32-15-13-26/h2-4,7,16H,5-6,8-15,17H2,1H3. The van der Waals surface area contributed by atoms with E-state index in [1.54, 1.807) is 17.1 Å². The van der Waals surface area contributed by atoms with Crippen molar-refractivity contribution in [2.75, 3.05) is 59.0 Å². The monoisotopic (exact) mass is 438 g/mol. The van der Waals surface area contributed by atoms with Crippen LogP contribution in [0.2, 0.25) is 0 Å². The quantitative estimate of drug-likeness (QED) is 0.692. The molecule has 0 aromatic carbocycles. The van der Waals surface area contributed by atoms with E-state index >= 15 is 0 Å². The Kier molecular flexibility index (Phi) is 5.69. The lowest BCUT2D eigenvalue weighted by Gasteiger charge is -2.29. The summed E-state index contributed by atoms with van der Waals surface area (Å²) in [6, 6.07) is 5.61. The van der Waals surface area contributed by atoms with Gasteiger partial charge in [0, 0.05) is 52.0 Å². The molecule has 3 aliphatic heterocycles. The van der Waals surface area contributed by atoms with Crippen molar-refractivity contribution in [3.05, 3.63) is 41.9 Å². The average Bonchev–Trinajstić information content (AvgIpc) is 3.52. The SMILES string of the molecule is Cc1c(C(=O)N2CCC3(CCN(CCN4CCOCC4)C3=O)C2)cnn1-c1ccccn1. The van der Waals surface area contributed by atoms with E-state index in [1.807, 2.05) is 34.9 Å². The number of amides is 2. The van der Waals surface area contributed by atoms with Gasteiger partial charge in [0.2, 0.25) is 5.91 Å².